The van der Waals surface area contributed by atoms with Gasteiger partial charge in [-0.1, -0.05) is 12.8 Å². The van der Waals surface area contributed by atoms with Crippen molar-refractivity contribution in [2.45, 2.75) is 31.2 Å². The largest absolute Gasteiger partial charge is 0.398 e. The molecule has 1 aromatic carbocycles. The maximum Gasteiger partial charge on any atom is 0.251 e. The molecule has 0 radical (unpaired) electrons. The molecule has 0 unspecified atom stereocenters. The quantitative estimate of drug-likeness (QED) is 0.748. The number of benzene rings is 1. The van der Waals surface area contributed by atoms with E-state index >= 15 is 0 Å². The van der Waals surface area contributed by atoms with E-state index in [1.165, 1.54) is 0 Å². The van der Waals surface area contributed by atoms with Gasteiger partial charge in [0.15, 0.2) is 0 Å². The lowest BCUT2D eigenvalue weighted by Crippen LogP contribution is -2.49. The Morgan fingerprint density at radius 2 is 2.11 bits per heavy atom. The van der Waals surface area contributed by atoms with E-state index < -0.39 is 5.54 Å². The molecule has 1 saturated carbocycles. The van der Waals surface area contributed by atoms with Crippen molar-refractivity contribution in [1.82, 2.24) is 5.32 Å². The lowest BCUT2D eigenvalue weighted by molar-refractivity contribution is 0.0838. The Labute approximate surface area is 115 Å². The number of aliphatic hydroxyl groups is 1. The average molecular weight is 313 g/mol. The maximum absolute atomic E-state index is 12.1. The van der Waals surface area contributed by atoms with Crippen LogP contribution in [0, 0.1) is 0 Å². The summed E-state index contributed by atoms with van der Waals surface area (Å²) < 4.78 is 0.708. The molecule has 0 aromatic heterocycles. The average Bonchev–Trinajstić information content (AvgIpc) is 2.82. The highest BCUT2D eigenvalue weighted by Gasteiger charge is 2.34. The molecule has 0 bridgehead atoms. The van der Waals surface area contributed by atoms with Crippen LogP contribution in [-0.2, 0) is 0 Å². The van der Waals surface area contributed by atoms with E-state index in [1.807, 2.05) is 0 Å². The number of carbonyl (C=O) groups is 1. The second-order valence-electron chi connectivity index (χ2n) is 4.84. The summed E-state index contributed by atoms with van der Waals surface area (Å²) in [6, 6.07) is 5.08. The van der Waals surface area contributed by atoms with Crippen molar-refractivity contribution in [1.29, 1.82) is 0 Å². The highest BCUT2D eigenvalue weighted by molar-refractivity contribution is 9.10. The lowest BCUT2D eigenvalue weighted by atomic mass is 9.98. The van der Waals surface area contributed by atoms with Crippen LogP contribution in [0.2, 0.25) is 0 Å². The van der Waals surface area contributed by atoms with E-state index in [0.717, 1.165) is 25.7 Å². The van der Waals surface area contributed by atoms with Gasteiger partial charge in [-0.2, -0.15) is 0 Å². The normalized spacial score (nSPS) is 17.7. The molecule has 98 valence electrons. The number of nitrogens with one attached hydrogen (secondary N) is 1. The summed E-state index contributed by atoms with van der Waals surface area (Å²) >= 11 is 3.30. The van der Waals surface area contributed by atoms with Crippen molar-refractivity contribution >= 4 is 27.5 Å². The molecule has 4 nitrogen and oxygen atoms in total. The number of halogens is 1. The second-order valence-corrected chi connectivity index (χ2v) is 5.69. The van der Waals surface area contributed by atoms with Crippen LogP contribution in [0.1, 0.15) is 36.0 Å². The number of anilines is 1. The van der Waals surface area contributed by atoms with Gasteiger partial charge in [0.2, 0.25) is 0 Å². The van der Waals surface area contributed by atoms with Crippen molar-refractivity contribution in [2.24, 2.45) is 0 Å². The van der Waals surface area contributed by atoms with Gasteiger partial charge in [0, 0.05) is 15.7 Å². The summed E-state index contributed by atoms with van der Waals surface area (Å²) in [5.74, 6) is -0.161. The minimum atomic E-state index is -0.440. The number of amides is 1. The molecule has 0 aliphatic heterocycles. The minimum Gasteiger partial charge on any atom is -0.398 e. The van der Waals surface area contributed by atoms with Gasteiger partial charge in [-0.25, -0.2) is 0 Å². The van der Waals surface area contributed by atoms with Crippen LogP contribution >= 0.6 is 15.9 Å². The molecule has 0 heterocycles. The van der Waals surface area contributed by atoms with Gasteiger partial charge < -0.3 is 16.2 Å². The molecule has 1 aliphatic carbocycles. The predicted molar refractivity (Wildman–Crippen MR) is 74.3 cm³/mol. The van der Waals surface area contributed by atoms with Crippen LogP contribution in [0.5, 0.6) is 0 Å². The van der Waals surface area contributed by atoms with Gasteiger partial charge in [-0.15, -0.1) is 0 Å². The van der Waals surface area contributed by atoms with E-state index in [4.69, 9.17) is 5.73 Å². The molecule has 4 N–H and O–H groups in total. The molecule has 1 aliphatic rings. The van der Waals surface area contributed by atoms with E-state index in [9.17, 15) is 9.90 Å². The van der Waals surface area contributed by atoms with Crippen LogP contribution in [0.3, 0.4) is 0 Å². The molecule has 0 spiro atoms. The van der Waals surface area contributed by atoms with Crippen molar-refractivity contribution < 1.29 is 9.90 Å². The van der Waals surface area contributed by atoms with Crippen LogP contribution in [0.15, 0.2) is 22.7 Å². The Morgan fingerprint density at radius 1 is 1.44 bits per heavy atom. The van der Waals surface area contributed by atoms with Crippen molar-refractivity contribution in [2.75, 3.05) is 12.3 Å². The fourth-order valence-electron chi connectivity index (χ4n) is 2.36. The Kier molecular flexibility index (Phi) is 3.92. The van der Waals surface area contributed by atoms with Crippen LogP contribution < -0.4 is 11.1 Å². The number of nitrogen functional groups attached to an aromatic ring is 1. The Hall–Kier alpha value is -1.07. The molecule has 5 heteroatoms. The van der Waals surface area contributed by atoms with E-state index in [1.54, 1.807) is 18.2 Å². The molecular weight excluding hydrogens is 296 g/mol. The minimum absolute atomic E-state index is 0.00508. The molecule has 0 saturated heterocycles. The van der Waals surface area contributed by atoms with Gasteiger partial charge in [0.05, 0.1) is 12.1 Å². The molecule has 1 fully saturated rings. The smallest absolute Gasteiger partial charge is 0.251 e. The van der Waals surface area contributed by atoms with Crippen molar-refractivity contribution in [3.8, 4) is 0 Å². The van der Waals surface area contributed by atoms with Crippen LogP contribution in [-0.4, -0.2) is 23.2 Å². The third-order valence-electron chi connectivity index (χ3n) is 3.50. The molecular formula is C13H17BrN2O2. The fraction of sp³-hybridized carbons (Fsp3) is 0.462. The maximum atomic E-state index is 12.1. The monoisotopic (exact) mass is 312 g/mol. The highest BCUT2D eigenvalue weighted by atomic mass is 79.9. The molecule has 1 aromatic rings. The van der Waals surface area contributed by atoms with Crippen LogP contribution in [0.25, 0.3) is 0 Å². The van der Waals surface area contributed by atoms with Gasteiger partial charge in [-0.3, -0.25) is 4.79 Å². The zero-order valence-electron chi connectivity index (χ0n) is 10.1. The highest BCUT2D eigenvalue weighted by Crippen LogP contribution is 2.29. The number of nitrogens with two attached hydrogens (primary N) is 1. The molecule has 0 atom stereocenters. The van der Waals surface area contributed by atoms with Gasteiger partial charge in [-0.05, 0) is 47.0 Å². The lowest BCUT2D eigenvalue weighted by Gasteiger charge is -2.28. The van der Waals surface area contributed by atoms with Gasteiger partial charge in [0.1, 0.15) is 0 Å². The van der Waals surface area contributed by atoms with Crippen LogP contribution in [0.4, 0.5) is 5.69 Å². The number of carbonyl (C=O) groups excluding carboxylic acids is 1. The summed E-state index contributed by atoms with van der Waals surface area (Å²) in [5.41, 5.74) is 6.40. The third kappa shape index (κ3) is 2.67. The standard InChI is InChI=1S/C13H17BrN2O2/c14-10-7-9(3-4-11(10)15)12(18)16-13(8-17)5-1-2-6-13/h3-4,7,17H,1-2,5-6,8,15H2,(H,16,18). The van der Waals surface area contributed by atoms with Crippen molar-refractivity contribution in [3.05, 3.63) is 28.2 Å². The van der Waals surface area contributed by atoms with Gasteiger partial charge in [0.25, 0.3) is 5.91 Å². The first-order valence-corrected chi connectivity index (χ1v) is 6.84. The zero-order valence-corrected chi connectivity index (χ0v) is 11.7. The Balaban J connectivity index is 2.13. The first-order valence-electron chi connectivity index (χ1n) is 6.05. The number of hydrogen-bond donors (Lipinski definition) is 3. The van der Waals surface area contributed by atoms with E-state index in [-0.39, 0.29) is 12.5 Å². The number of hydrogen-bond acceptors (Lipinski definition) is 3. The topological polar surface area (TPSA) is 75.4 Å². The van der Waals surface area contributed by atoms with Gasteiger partial charge >= 0.3 is 0 Å². The van der Waals surface area contributed by atoms with E-state index in [2.05, 4.69) is 21.2 Å². The number of aliphatic hydroxyl groups excluding tert-OH is 1. The molecule has 18 heavy (non-hydrogen) atoms. The summed E-state index contributed by atoms with van der Waals surface area (Å²) in [5, 5.41) is 12.4. The molecule has 1 amide bonds. The first kappa shape index (κ1) is 13.4. The third-order valence-corrected chi connectivity index (χ3v) is 4.19. The first-order chi connectivity index (χ1) is 8.56. The second kappa shape index (κ2) is 5.28. The Morgan fingerprint density at radius 3 is 2.67 bits per heavy atom. The van der Waals surface area contributed by atoms with Crippen molar-refractivity contribution in [3.63, 3.8) is 0 Å². The fourth-order valence-corrected chi connectivity index (χ4v) is 2.73. The summed E-state index contributed by atoms with van der Waals surface area (Å²) in [4.78, 5) is 12.1. The number of rotatable bonds is 3. The summed E-state index contributed by atoms with van der Waals surface area (Å²) in [7, 11) is 0. The summed E-state index contributed by atoms with van der Waals surface area (Å²) in [6.07, 6.45) is 3.77. The Bertz CT molecular complexity index is 456. The predicted octanol–water partition coefficient (Wildman–Crippen LogP) is 2.07. The summed E-state index contributed by atoms with van der Waals surface area (Å²) in [6.45, 7) is -0.00508. The molecule has 2 rings (SSSR count). The zero-order chi connectivity index (χ0) is 13.2. The SMILES string of the molecule is Nc1ccc(C(=O)NC2(CO)CCCC2)cc1Br. The van der Waals surface area contributed by atoms with E-state index in [0.29, 0.717) is 15.7 Å².